The summed E-state index contributed by atoms with van der Waals surface area (Å²) in [6.07, 6.45) is 2.58. The predicted octanol–water partition coefficient (Wildman–Crippen LogP) is 7.57. The number of amides is 4. The zero-order valence-electron chi connectivity index (χ0n) is 44.7. The third-order valence-electron chi connectivity index (χ3n) is 14.1. The van der Waals surface area contributed by atoms with E-state index in [1.54, 1.807) is 34.0 Å². The van der Waals surface area contributed by atoms with Crippen LogP contribution in [0.1, 0.15) is 95.7 Å². The first kappa shape index (κ1) is 55.8. The number of nitrogens with zero attached hydrogens (tertiary/aromatic N) is 8. The second-order valence-corrected chi connectivity index (χ2v) is 22.0. The molecule has 6 aromatic rings. The lowest BCUT2D eigenvalue weighted by Gasteiger charge is -2.40. The first-order valence-corrected chi connectivity index (χ1v) is 26.8. The van der Waals surface area contributed by atoms with Crippen LogP contribution in [0.4, 0.5) is 14.6 Å². The highest BCUT2D eigenvalue weighted by Gasteiger charge is 2.44. The van der Waals surface area contributed by atoms with Crippen LogP contribution in [0.5, 0.6) is 5.75 Å². The topological polar surface area (TPSA) is 205 Å². The molecule has 4 aromatic heterocycles. The van der Waals surface area contributed by atoms with E-state index in [2.05, 4.69) is 32.2 Å². The van der Waals surface area contributed by atoms with Crippen molar-refractivity contribution >= 4 is 51.8 Å². The number of hydrogen-bond donors (Lipinski definition) is 3. The molecular formula is C57H66F2N10O7S. The zero-order chi connectivity index (χ0) is 55.5. The minimum absolute atomic E-state index is 0.00771. The molecule has 2 aliphatic rings. The maximum Gasteiger partial charge on any atom is 0.355 e. The maximum atomic E-state index is 16.9. The fourth-order valence-electron chi connectivity index (χ4n) is 10.0. The molecule has 0 spiro atoms. The number of ether oxygens (including phenoxy) is 1. The Balaban J connectivity index is 0.963. The van der Waals surface area contributed by atoms with Crippen molar-refractivity contribution in [3.63, 3.8) is 0 Å². The fraction of sp³-hybridized carbons (Fsp3) is 0.421. The van der Waals surface area contributed by atoms with E-state index in [1.165, 1.54) is 33.7 Å². The summed E-state index contributed by atoms with van der Waals surface area (Å²) >= 11 is 1.55. The number of nitrogens with one attached hydrogen (secondary N) is 2. The Bertz CT molecular complexity index is 3270. The molecule has 2 saturated heterocycles. The van der Waals surface area contributed by atoms with Crippen LogP contribution in [0.25, 0.3) is 38.4 Å². The normalized spacial score (nSPS) is 17.2. The Morgan fingerprint density at radius 1 is 0.987 bits per heavy atom. The summed E-state index contributed by atoms with van der Waals surface area (Å²) < 4.78 is 40.5. The Morgan fingerprint density at radius 2 is 1.74 bits per heavy atom. The molecule has 0 bridgehead atoms. The quantitative estimate of drug-likeness (QED) is 0.0598. The minimum Gasteiger partial charge on any atom is -0.493 e. The second-order valence-electron chi connectivity index (χ2n) is 21.2. The van der Waals surface area contributed by atoms with Gasteiger partial charge in [0.25, 0.3) is 0 Å². The summed E-state index contributed by atoms with van der Waals surface area (Å²) in [7, 11) is 0. The average molecular weight is 1070 g/mol. The molecule has 4 atom stereocenters. The van der Waals surface area contributed by atoms with Crippen molar-refractivity contribution in [2.75, 3.05) is 37.7 Å². The van der Waals surface area contributed by atoms with Crippen LogP contribution < -0.4 is 26.0 Å². The zero-order valence-corrected chi connectivity index (χ0v) is 45.5. The molecule has 77 heavy (non-hydrogen) atoms. The van der Waals surface area contributed by atoms with Gasteiger partial charge in [0.2, 0.25) is 23.6 Å². The molecule has 0 saturated carbocycles. The smallest absolute Gasteiger partial charge is 0.355 e. The van der Waals surface area contributed by atoms with Crippen molar-refractivity contribution < 1.29 is 37.8 Å². The van der Waals surface area contributed by atoms with Crippen molar-refractivity contribution in [3.05, 3.63) is 124 Å². The first-order chi connectivity index (χ1) is 36.7. The molecule has 3 N–H and O–H groups in total. The molecule has 2 fully saturated rings. The van der Waals surface area contributed by atoms with E-state index in [-0.39, 0.29) is 85.1 Å². The van der Waals surface area contributed by atoms with Gasteiger partial charge in [-0.15, -0.1) is 11.3 Å². The van der Waals surface area contributed by atoms with Crippen LogP contribution in [0, 0.1) is 30.9 Å². The van der Waals surface area contributed by atoms with Gasteiger partial charge in [-0.25, -0.2) is 28.1 Å². The van der Waals surface area contributed by atoms with Crippen LogP contribution in [-0.2, 0) is 25.7 Å². The number of benzene rings is 2. The molecule has 20 heteroatoms. The van der Waals surface area contributed by atoms with Gasteiger partial charge >= 0.3 is 5.69 Å². The number of β-amino-alcohol motifs (C(OH)–C–C–N with tert-alkyl or cyclic N) is 1. The van der Waals surface area contributed by atoms with Crippen molar-refractivity contribution in [2.45, 2.75) is 118 Å². The van der Waals surface area contributed by atoms with Crippen molar-refractivity contribution in [3.8, 4) is 33.1 Å². The summed E-state index contributed by atoms with van der Waals surface area (Å²) in [5, 5.41) is 16.7. The van der Waals surface area contributed by atoms with Gasteiger partial charge in [-0.3, -0.25) is 24.2 Å². The van der Waals surface area contributed by atoms with E-state index in [0.29, 0.717) is 42.9 Å². The number of unbranched alkanes of at least 4 members (excludes halogenated alkanes) is 1. The molecule has 0 unspecified atom stereocenters. The van der Waals surface area contributed by atoms with Gasteiger partial charge in [0, 0.05) is 57.8 Å². The number of aliphatic hydroxyl groups excluding tert-OH is 1. The van der Waals surface area contributed by atoms with E-state index in [1.807, 2.05) is 84.6 Å². The monoisotopic (exact) mass is 1070 g/mol. The number of pyridine rings is 2. The average Bonchev–Trinajstić information content (AvgIpc) is 4.04. The Kier molecular flexibility index (Phi) is 17.0. The van der Waals surface area contributed by atoms with Gasteiger partial charge in [-0.05, 0) is 92.0 Å². The van der Waals surface area contributed by atoms with Crippen LogP contribution in [-0.4, -0.2) is 120 Å². The third kappa shape index (κ3) is 12.1. The molecular weight excluding hydrogens is 1010 g/mol. The number of thiazole rings is 1. The molecule has 17 nitrogen and oxygen atoms in total. The number of piperazine rings is 1. The highest BCUT2D eigenvalue weighted by molar-refractivity contribution is 7.13. The molecule has 6 heterocycles. The Morgan fingerprint density at radius 3 is 2.42 bits per heavy atom. The van der Waals surface area contributed by atoms with Crippen LogP contribution in [0.15, 0.2) is 83.8 Å². The number of hydrogen-bond acceptors (Lipinski definition) is 13. The lowest BCUT2D eigenvalue weighted by molar-refractivity contribution is -0.144. The minimum atomic E-state index is -1.03. The number of carbonyl (C=O) groups excluding carboxylic acids is 4. The lowest BCUT2D eigenvalue weighted by atomic mass is 9.85. The van der Waals surface area contributed by atoms with E-state index in [4.69, 9.17) is 9.72 Å². The highest BCUT2D eigenvalue weighted by Crippen LogP contribution is 2.38. The number of aliphatic hydroxyl groups is 1. The van der Waals surface area contributed by atoms with Crippen LogP contribution in [0.2, 0.25) is 0 Å². The molecule has 8 rings (SSSR count). The Labute approximate surface area is 450 Å². The first-order valence-electron chi connectivity index (χ1n) is 25.9. The summed E-state index contributed by atoms with van der Waals surface area (Å²) in [5.41, 5.74) is 4.13. The number of rotatable bonds is 17. The summed E-state index contributed by atoms with van der Waals surface area (Å²) in [4.78, 5) is 92.5. The summed E-state index contributed by atoms with van der Waals surface area (Å²) in [6.45, 7) is 19.5. The number of anilines is 1. The molecule has 0 radical (unpaired) electrons. The van der Waals surface area contributed by atoms with Gasteiger partial charge < -0.3 is 35.2 Å². The van der Waals surface area contributed by atoms with Gasteiger partial charge in [0.05, 0.1) is 51.1 Å². The molecule has 406 valence electrons. The van der Waals surface area contributed by atoms with Crippen molar-refractivity contribution in [1.82, 2.24) is 44.9 Å². The van der Waals surface area contributed by atoms with Gasteiger partial charge in [0.15, 0.2) is 11.5 Å². The number of aryl methyl sites for hydroxylation is 2. The SMILES string of the molecule is C=CC(=O)N1CCN(c2nc(=O)n(-c3c(C)ccnc3C(C)C)c3nc(-c4c(F)cccc4OCCCCC(=O)N[C@H](C(=O)N4C[C@H](O)C[C@H]4C(=O)NCc4ccc(-c5scnc5C)cc4)C(C)(C)C)c(F)cc23)[C@H](C)C1. The third-order valence-corrected chi connectivity index (χ3v) is 15.1. The summed E-state index contributed by atoms with van der Waals surface area (Å²) in [6, 6.07) is 12.5. The number of likely N-dealkylation sites (tertiary alicyclic amines) is 1. The lowest BCUT2D eigenvalue weighted by Crippen LogP contribution is -2.57. The van der Waals surface area contributed by atoms with E-state index < -0.39 is 64.3 Å². The van der Waals surface area contributed by atoms with Crippen LogP contribution in [0.3, 0.4) is 0 Å². The van der Waals surface area contributed by atoms with E-state index in [0.717, 1.165) is 27.8 Å². The molecule has 4 amide bonds. The fourth-order valence-corrected chi connectivity index (χ4v) is 10.8. The Hall–Kier alpha value is -7.45. The highest BCUT2D eigenvalue weighted by atomic mass is 32.1. The van der Waals surface area contributed by atoms with Gasteiger partial charge in [0.1, 0.15) is 35.2 Å². The predicted molar refractivity (Wildman–Crippen MR) is 292 cm³/mol. The van der Waals surface area contributed by atoms with Gasteiger partial charge in [-0.1, -0.05) is 71.5 Å². The van der Waals surface area contributed by atoms with E-state index >= 15 is 8.78 Å². The van der Waals surface area contributed by atoms with Gasteiger partial charge in [-0.2, -0.15) is 4.98 Å². The van der Waals surface area contributed by atoms with Crippen molar-refractivity contribution in [2.24, 2.45) is 5.41 Å². The number of aromatic nitrogens is 5. The second kappa shape index (κ2) is 23.4. The summed E-state index contributed by atoms with van der Waals surface area (Å²) in [5.74, 6) is -3.31. The molecule has 2 aliphatic heterocycles. The molecule has 2 aromatic carbocycles. The van der Waals surface area contributed by atoms with Crippen LogP contribution >= 0.6 is 11.3 Å². The number of fused-ring (bicyclic) bond motifs is 1. The van der Waals surface area contributed by atoms with E-state index in [9.17, 15) is 29.1 Å². The van der Waals surface area contributed by atoms with Crippen molar-refractivity contribution in [1.29, 1.82) is 0 Å². The standard InChI is InChI=1S/C57H66F2N10O7S/c1-10-45(72)66-23-24-67(34(5)29-66)52-39-27-41(59)48(64-53(39)69(56(75)65-52)49-33(4)21-22-60-47(49)32(2)3)46-40(58)14-13-15-43(46)76-25-12-11-16-44(71)63-51(57(7,8)9)55(74)68-30-38(70)26-42(68)54(73)61-28-36-17-19-37(20-18-36)50-35(6)62-31-77-50/h10,13-15,17-22,27,31-32,34,38,42,51,70H,1,11-12,16,23-26,28-30H2,2-9H3,(H,61,73)(H,63,71)/t34-,38-,42+,51-/m1/s1. The number of carbonyl (C=O) groups is 4. The maximum absolute atomic E-state index is 16.9. The largest absolute Gasteiger partial charge is 0.493 e. The number of halogens is 2. The molecule has 0 aliphatic carbocycles.